The molecule has 1 aromatic heterocycles. The van der Waals surface area contributed by atoms with Gasteiger partial charge in [0.05, 0.1) is 6.61 Å². The highest BCUT2D eigenvalue weighted by Gasteiger charge is 2.26. The van der Waals surface area contributed by atoms with Crippen molar-refractivity contribution in [2.24, 2.45) is 0 Å². The van der Waals surface area contributed by atoms with Crippen LogP contribution < -0.4 is 0 Å². The first-order valence-corrected chi connectivity index (χ1v) is 3.19. The lowest BCUT2D eigenvalue weighted by atomic mass is 10.4. The van der Waals surface area contributed by atoms with Crippen LogP contribution in [0.1, 0.15) is 11.8 Å². The zero-order chi connectivity index (χ0) is 5.40. The lowest BCUT2D eigenvalue weighted by Gasteiger charge is -1.75. The van der Waals surface area contributed by atoms with Crippen molar-refractivity contribution < 1.29 is 4.74 Å². The first-order chi connectivity index (χ1) is 3.97. The molecule has 0 bridgehead atoms. The summed E-state index contributed by atoms with van der Waals surface area (Å²) in [5, 5.41) is 5.74. The number of epoxide rings is 1. The molecule has 0 aromatic carbocycles. The van der Waals surface area contributed by atoms with E-state index in [4.69, 9.17) is 4.74 Å². The second-order valence-electron chi connectivity index (χ2n) is 1.65. The van der Waals surface area contributed by atoms with E-state index in [1.807, 2.05) is 5.38 Å². The van der Waals surface area contributed by atoms with Gasteiger partial charge in [0, 0.05) is 5.38 Å². The summed E-state index contributed by atoms with van der Waals surface area (Å²) in [5.74, 6) is 0. The van der Waals surface area contributed by atoms with E-state index in [0.717, 1.165) is 12.3 Å². The van der Waals surface area contributed by atoms with Gasteiger partial charge in [0.2, 0.25) is 0 Å². The molecule has 0 amide bonds. The minimum atomic E-state index is 0.272. The fourth-order valence-corrected chi connectivity index (χ4v) is 1.03. The summed E-state index contributed by atoms with van der Waals surface area (Å²) in [6.45, 7) is 0.825. The van der Waals surface area contributed by atoms with Crippen LogP contribution in [0.15, 0.2) is 5.38 Å². The Bertz CT molecular complexity index is 170. The molecule has 1 saturated heterocycles. The highest BCUT2D eigenvalue weighted by atomic mass is 32.1. The van der Waals surface area contributed by atoms with E-state index in [2.05, 4.69) is 9.59 Å². The van der Waals surface area contributed by atoms with Gasteiger partial charge in [-0.3, -0.25) is 0 Å². The summed E-state index contributed by atoms with van der Waals surface area (Å²) < 4.78 is 8.65. The summed E-state index contributed by atoms with van der Waals surface area (Å²) in [4.78, 5) is 0. The summed E-state index contributed by atoms with van der Waals surface area (Å²) >= 11 is 1.37. The monoisotopic (exact) mass is 128 g/mol. The maximum atomic E-state index is 4.96. The van der Waals surface area contributed by atoms with Crippen molar-refractivity contribution in [2.45, 2.75) is 6.10 Å². The molecule has 42 valence electrons. The van der Waals surface area contributed by atoms with Crippen LogP contribution >= 0.6 is 11.5 Å². The zero-order valence-electron chi connectivity index (χ0n) is 4.07. The average Bonchev–Trinajstić information content (AvgIpc) is 2.49. The maximum Gasteiger partial charge on any atom is 0.126 e. The van der Waals surface area contributed by atoms with Crippen LogP contribution in [-0.2, 0) is 4.74 Å². The van der Waals surface area contributed by atoms with Gasteiger partial charge in [-0.05, 0) is 11.5 Å². The number of nitrogens with zero attached hydrogens (tertiary/aromatic N) is 2. The highest BCUT2D eigenvalue weighted by molar-refractivity contribution is 7.03. The minimum Gasteiger partial charge on any atom is -0.366 e. The lowest BCUT2D eigenvalue weighted by molar-refractivity contribution is 0.411. The van der Waals surface area contributed by atoms with Gasteiger partial charge in [-0.2, -0.15) is 0 Å². The van der Waals surface area contributed by atoms with E-state index in [0.29, 0.717) is 0 Å². The Morgan fingerprint density at radius 1 is 1.88 bits per heavy atom. The maximum absolute atomic E-state index is 4.96. The van der Waals surface area contributed by atoms with Crippen LogP contribution in [0, 0.1) is 0 Å². The predicted molar refractivity (Wildman–Crippen MR) is 28.6 cm³/mol. The molecule has 1 aliphatic heterocycles. The second kappa shape index (κ2) is 1.50. The van der Waals surface area contributed by atoms with Crippen LogP contribution in [0.3, 0.4) is 0 Å². The number of aromatic nitrogens is 2. The van der Waals surface area contributed by atoms with Crippen molar-refractivity contribution >= 4 is 11.5 Å². The second-order valence-corrected chi connectivity index (χ2v) is 2.26. The molecule has 0 saturated carbocycles. The first-order valence-electron chi connectivity index (χ1n) is 2.35. The predicted octanol–water partition coefficient (Wildman–Crippen LogP) is 0.609. The molecular weight excluding hydrogens is 124 g/mol. The quantitative estimate of drug-likeness (QED) is 0.520. The van der Waals surface area contributed by atoms with Crippen molar-refractivity contribution in [1.82, 2.24) is 9.59 Å². The fraction of sp³-hybridized carbons (Fsp3) is 0.500. The van der Waals surface area contributed by atoms with Gasteiger partial charge in [0.1, 0.15) is 11.8 Å². The van der Waals surface area contributed by atoms with Gasteiger partial charge >= 0.3 is 0 Å². The Morgan fingerprint density at radius 2 is 2.75 bits per heavy atom. The van der Waals surface area contributed by atoms with E-state index < -0.39 is 0 Å². The normalized spacial score (nSPS) is 25.8. The van der Waals surface area contributed by atoms with Crippen LogP contribution in [0.5, 0.6) is 0 Å². The number of hydrogen-bond donors (Lipinski definition) is 0. The SMILES string of the molecule is c1snnc1[C@@H]1CO1. The van der Waals surface area contributed by atoms with Crippen molar-refractivity contribution in [3.05, 3.63) is 11.1 Å². The van der Waals surface area contributed by atoms with E-state index in [-0.39, 0.29) is 6.10 Å². The largest absolute Gasteiger partial charge is 0.366 e. The van der Waals surface area contributed by atoms with E-state index >= 15 is 0 Å². The van der Waals surface area contributed by atoms with Crippen LogP contribution in [0.25, 0.3) is 0 Å². The molecule has 0 unspecified atom stereocenters. The molecule has 8 heavy (non-hydrogen) atoms. The molecule has 1 aliphatic rings. The molecular formula is C4H4N2OS. The average molecular weight is 128 g/mol. The molecule has 1 aromatic rings. The van der Waals surface area contributed by atoms with Crippen LogP contribution in [0.4, 0.5) is 0 Å². The number of ether oxygens (including phenoxy) is 1. The third-order valence-corrected chi connectivity index (χ3v) is 1.56. The molecule has 1 fully saturated rings. The van der Waals surface area contributed by atoms with Crippen molar-refractivity contribution in [3.8, 4) is 0 Å². The lowest BCUT2D eigenvalue weighted by Crippen LogP contribution is -1.77. The third-order valence-electron chi connectivity index (χ3n) is 1.04. The Labute approximate surface area is 50.5 Å². The summed E-state index contributed by atoms with van der Waals surface area (Å²) in [6, 6.07) is 0. The van der Waals surface area contributed by atoms with E-state index in [9.17, 15) is 0 Å². The third kappa shape index (κ3) is 0.617. The molecule has 2 heterocycles. The molecule has 4 heteroatoms. The smallest absolute Gasteiger partial charge is 0.126 e. The molecule has 1 atom stereocenters. The molecule has 3 nitrogen and oxygen atoms in total. The van der Waals surface area contributed by atoms with Gasteiger partial charge in [-0.15, -0.1) is 5.10 Å². The number of hydrogen-bond acceptors (Lipinski definition) is 4. The van der Waals surface area contributed by atoms with Gasteiger partial charge in [0.25, 0.3) is 0 Å². The molecule has 0 N–H and O–H groups in total. The van der Waals surface area contributed by atoms with Gasteiger partial charge < -0.3 is 4.74 Å². The number of rotatable bonds is 1. The van der Waals surface area contributed by atoms with Crippen molar-refractivity contribution in [2.75, 3.05) is 6.61 Å². The summed E-state index contributed by atoms with van der Waals surface area (Å²) in [5.41, 5.74) is 0.981. The molecule has 2 rings (SSSR count). The van der Waals surface area contributed by atoms with Crippen LogP contribution in [-0.4, -0.2) is 16.2 Å². The first kappa shape index (κ1) is 4.40. The van der Waals surface area contributed by atoms with Gasteiger partial charge in [-0.1, -0.05) is 4.49 Å². The highest BCUT2D eigenvalue weighted by Crippen LogP contribution is 2.27. The Kier molecular flexibility index (Phi) is 0.824. The summed E-state index contributed by atoms with van der Waals surface area (Å²) in [7, 11) is 0. The van der Waals surface area contributed by atoms with Gasteiger partial charge in [-0.25, -0.2) is 0 Å². The molecule has 0 radical (unpaired) electrons. The minimum absolute atomic E-state index is 0.272. The Balaban J connectivity index is 2.28. The topological polar surface area (TPSA) is 38.3 Å². The summed E-state index contributed by atoms with van der Waals surface area (Å²) in [6.07, 6.45) is 0.272. The molecule has 0 aliphatic carbocycles. The standard InChI is InChI=1S/C4H4N2OS/c1-4(7-1)3-2-8-6-5-3/h2,4H,1H2/t4-/m0/s1. The molecule has 0 spiro atoms. The van der Waals surface area contributed by atoms with Crippen LogP contribution in [0.2, 0.25) is 0 Å². The van der Waals surface area contributed by atoms with E-state index in [1.54, 1.807) is 0 Å². The zero-order valence-corrected chi connectivity index (χ0v) is 4.89. The van der Waals surface area contributed by atoms with Gasteiger partial charge in [0.15, 0.2) is 0 Å². The Morgan fingerprint density at radius 3 is 3.25 bits per heavy atom. The Hall–Kier alpha value is -0.480. The van der Waals surface area contributed by atoms with E-state index in [1.165, 1.54) is 11.5 Å². The van der Waals surface area contributed by atoms with Crippen molar-refractivity contribution in [1.29, 1.82) is 0 Å². The van der Waals surface area contributed by atoms with Crippen molar-refractivity contribution in [3.63, 3.8) is 0 Å². The fourth-order valence-electron chi connectivity index (χ4n) is 0.531.